The van der Waals surface area contributed by atoms with Crippen LogP contribution in [-0.2, 0) is 13.0 Å². The van der Waals surface area contributed by atoms with Crippen LogP contribution in [-0.4, -0.2) is 16.6 Å². The number of hydrogen-bond acceptors (Lipinski definition) is 4. The highest BCUT2D eigenvalue weighted by atomic mass is 19.3. The second-order valence-corrected chi connectivity index (χ2v) is 4.71. The fourth-order valence-electron chi connectivity index (χ4n) is 2.12. The number of hydrogen-bond donors (Lipinski definition) is 1. The molecule has 0 saturated carbocycles. The van der Waals surface area contributed by atoms with E-state index in [0.29, 0.717) is 28.4 Å². The van der Waals surface area contributed by atoms with E-state index in [4.69, 9.17) is 15.2 Å². The molecule has 0 atom stereocenters. The van der Waals surface area contributed by atoms with Crippen LogP contribution in [0.15, 0.2) is 18.3 Å². The predicted molar refractivity (Wildman–Crippen MR) is 68.7 cm³/mol. The number of aryl methyl sites for hydroxylation is 1. The molecule has 1 aromatic carbocycles. The fourth-order valence-corrected chi connectivity index (χ4v) is 2.12. The highest BCUT2D eigenvalue weighted by molar-refractivity contribution is 5.81. The van der Waals surface area contributed by atoms with Gasteiger partial charge in [-0.3, -0.25) is 4.68 Å². The van der Waals surface area contributed by atoms with Crippen LogP contribution in [0.4, 0.5) is 14.6 Å². The molecular formula is C13H13F2N3O2. The van der Waals surface area contributed by atoms with Crippen molar-refractivity contribution in [1.82, 2.24) is 9.78 Å². The van der Waals surface area contributed by atoms with Crippen LogP contribution < -0.4 is 15.2 Å². The average molecular weight is 281 g/mol. The summed E-state index contributed by atoms with van der Waals surface area (Å²) >= 11 is 0. The van der Waals surface area contributed by atoms with Gasteiger partial charge in [-0.2, -0.15) is 5.10 Å². The Hall–Kier alpha value is -2.31. The van der Waals surface area contributed by atoms with Gasteiger partial charge in [-0.15, -0.1) is 0 Å². The summed E-state index contributed by atoms with van der Waals surface area (Å²) in [5.74, 6) is -1.90. The van der Waals surface area contributed by atoms with Crippen LogP contribution >= 0.6 is 0 Å². The number of anilines is 1. The van der Waals surface area contributed by atoms with Gasteiger partial charge in [-0.25, -0.2) is 8.78 Å². The first-order valence-corrected chi connectivity index (χ1v) is 5.97. The highest BCUT2D eigenvalue weighted by Crippen LogP contribution is 2.46. The van der Waals surface area contributed by atoms with Crippen molar-refractivity contribution in [2.75, 3.05) is 12.5 Å². The molecule has 7 heteroatoms. The Balaban J connectivity index is 2.24. The van der Waals surface area contributed by atoms with E-state index in [1.54, 1.807) is 7.05 Å². The molecule has 106 valence electrons. The average Bonchev–Trinajstić information content (AvgIpc) is 2.96. The Morgan fingerprint density at radius 1 is 1.30 bits per heavy atom. The molecule has 1 aliphatic rings. The number of aromatic nitrogens is 2. The third-order valence-electron chi connectivity index (χ3n) is 3.25. The molecule has 0 spiro atoms. The largest absolute Gasteiger partial charge is 0.454 e. The molecule has 0 aliphatic carbocycles. The predicted octanol–water partition coefficient (Wildman–Crippen LogP) is 2.51. The molecule has 0 unspecified atom stereocenters. The molecule has 20 heavy (non-hydrogen) atoms. The summed E-state index contributed by atoms with van der Waals surface area (Å²) in [6.45, 7) is 0.835. The number of halogens is 2. The van der Waals surface area contributed by atoms with Crippen LogP contribution in [0, 0.1) is 0 Å². The summed E-state index contributed by atoms with van der Waals surface area (Å²) in [6.07, 6.45) is 1.52. The van der Waals surface area contributed by atoms with E-state index >= 15 is 0 Å². The SMILES string of the molecule is Cn1ncc(-c2cc(C(C)(F)F)cc3c2OCO3)c1N. The topological polar surface area (TPSA) is 62.3 Å². The van der Waals surface area contributed by atoms with Gasteiger partial charge in [0.1, 0.15) is 5.82 Å². The Kier molecular flexibility index (Phi) is 2.60. The van der Waals surface area contributed by atoms with Gasteiger partial charge >= 0.3 is 0 Å². The van der Waals surface area contributed by atoms with E-state index in [1.165, 1.54) is 23.0 Å². The molecule has 1 aromatic heterocycles. The number of nitrogen functional groups attached to an aromatic ring is 1. The number of rotatable bonds is 2. The van der Waals surface area contributed by atoms with Crippen molar-refractivity contribution in [3.05, 3.63) is 23.9 Å². The van der Waals surface area contributed by atoms with Crippen LogP contribution in [0.1, 0.15) is 12.5 Å². The van der Waals surface area contributed by atoms with Gasteiger partial charge in [-0.05, 0) is 12.1 Å². The van der Waals surface area contributed by atoms with Gasteiger partial charge in [0, 0.05) is 30.7 Å². The summed E-state index contributed by atoms with van der Waals surface area (Å²) in [4.78, 5) is 0. The zero-order chi connectivity index (χ0) is 14.5. The number of alkyl halides is 2. The molecular weight excluding hydrogens is 268 g/mol. The van der Waals surface area contributed by atoms with Crippen molar-refractivity contribution < 1.29 is 18.3 Å². The summed E-state index contributed by atoms with van der Waals surface area (Å²) in [5, 5.41) is 4.02. The second kappa shape index (κ2) is 4.09. The van der Waals surface area contributed by atoms with Crippen molar-refractivity contribution in [2.45, 2.75) is 12.8 Å². The van der Waals surface area contributed by atoms with Crippen molar-refractivity contribution in [3.8, 4) is 22.6 Å². The first-order chi connectivity index (χ1) is 9.38. The van der Waals surface area contributed by atoms with Gasteiger partial charge in [0.25, 0.3) is 5.92 Å². The molecule has 0 radical (unpaired) electrons. The molecule has 2 N–H and O–H groups in total. The lowest BCUT2D eigenvalue weighted by Crippen LogP contribution is -2.07. The van der Waals surface area contributed by atoms with Crippen LogP contribution in [0.2, 0.25) is 0 Å². The lowest BCUT2D eigenvalue weighted by Gasteiger charge is -2.14. The van der Waals surface area contributed by atoms with Crippen molar-refractivity contribution in [3.63, 3.8) is 0 Å². The lowest BCUT2D eigenvalue weighted by atomic mass is 10.0. The fraction of sp³-hybridized carbons (Fsp3) is 0.308. The van der Waals surface area contributed by atoms with Gasteiger partial charge in [0.15, 0.2) is 11.5 Å². The molecule has 3 rings (SSSR count). The van der Waals surface area contributed by atoms with Crippen LogP contribution in [0.5, 0.6) is 11.5 Å². The molecule has 0 bridgehead atoms. The summed E-state index contributed by atoms with van der Waals surface area (Å²) in [7, 11) is 1.68. The van der Waals surface area contributed by atoms with E-state index in [-0.39, 0.29) is 12.4 Å². The minimum Gasteiger partial charge on any atom is -0.454 e. The maximum absolute atomic E-state index is 13.6. The Labute approximate surface area is 113 Å². The molecule has 0 saturated heterocycles. The highest BCUT2D eigenvalue weighted by Gasteiger charge is 2.30. The van der Waals surface area contributed by atoms with E-state index in [1.807, 2.05) is 0 Å². The minimum atomic E-state index is -2.98. The smallest absolute Gasteiger partial charge is 0.270 e. The van der Waals surface area contributed by atoms with Crippen molar-refractivity contribution >= 4 is 5.82 Å². The zero-order valence-corrected chi connectivity index (χ0v) is 11.0. The standard InChI is InChI=1S/C13H13F2N3O2/c1-13(14,15)7-3-8(9-5-17-18(2)12(9)16)11-10(4-7)19-6-20-11/h3-5H,6,16H2,1-2H3. The Bertz CT molecular complexity index is 677. The normalized spacial score (nSPS) is 13.8. The molecule has 2 aromatic rings. The maximum atomic E-state index is 13.6. The number of benzene rings is 1. The zero-order valence-electron chi connectivity index (χ0n) is 11.0. The molecule has 1 aliphatic heterocycles. The van der Waals surface area contributed by atoms with E-state index in [9.17, 15) is 8.78 Å². The third-order valence-corrected chi connectivity index (χ3v) is 3.25. The number of nitrogens with two attached hydrogens (primary N) is 1. The maximum Gasteiger partial charge on any atom is 0.270 e. The van der Waals surface area contributed by atoms with Crippen LogP contribution in [0.3, 0.4) is 0 Å². The minimum absolute atomic E-state index is 0.00123. The van der Waals surface area contributed by atoms with Gasteiger partial charge in [0.05, 0.1) is 6.20 Å². The molecule has 5 nitrogen and oxygen atoms in total. The molecule has 0 amide bonds. The van der Waals surface area contributed by atoms with Gasteiger partial charge in [-0.1, -0.05) is 0 Å². The quantitative estimate of drug-likeness (QED) is 0.918. The monoisotopic (exact) mass is 281 g/mol. The Morgan fingerprint density at radius 2 is 2.05 bits per heavy atom. The van der Waals surface area contributed by atoms with Gasteiger partial charge in [0.2, 0.25) is 6.79 Å². The van der Waals surface area contributed by atoms with E-state index in [2.05, 4.69) is 5.10 Å². The molecule has 0 fully saturated rings. The van der Waals surface area contributed by atoms with E-state index < -0.39 is 5.92 Å². The van der Waals surface area contributed by atoms with Crippen molar-refractivity contribution in [2.24, 2.45) is 7.05 Å². The number of fused-ring (bicyclic) bond motifs is 1. The summed E-state index contributed by atoms with van der Waals surface area (Å²) in [5.41, 5.74) is 6.75. The third kappa shape index (κ3) is 1.86. The van der Waals surface area contributed by atoms with Gasteiger partial charge < -0.3 is 15.2 Å². The molecule has 2 heterocycles. The van der Waals surface area contributed by atoms with Crippen LogP contribution in [0.25, 0.3) is 11.1 Å². The lowest BCUT2D eigenvalue weighted by molar-refractivity contribution is 0.0173. The Morgan fingerprint density at radius 3 is 2.65 bits per heavy atom. The number of nitrogens with zero attached hydrogens (tertiary/aromatic N) is 2. The summed E-state index contributed by atoms with van der Waals surface area (Å²) < 4.78 is 39.2. The van der Waals surface area contributed by atoms with E-state index in [0.717, 1.165) is 6.92 Å². The van der Waals surface area contributed by atoms with Crippen molar-refractivity contribution in [1.29, 1.82) is 0 Å². The second-order valence-electron chi connectivity index (χ2n) is 4.71. The first kappa shape index (κ1) is 12.7. The first-order valence-electron chi connectivity index (χ1n) is 5.97. The summed E-state index contributed by atoms with van der Waals surface area (Å²) in [6, 6.07) is 2.65. The number of ether oxygens (including phenoxy) is 2.